The third-order valence-corrected chi connectivity index (χ3v) is 7.21. The summed E-state index contributed by atoms with van der Waals surface area (Å²) >= 11 is 6.44. The smallest absolute Gasteiger partial charge is 0.310 e. The Morgan fingerprint density at radius 2 is 1.68 bits per heavy atom. The highest BCUT2D eigenvalue weighted by atomic mass is 35.5. The maximum atomic E-state index is 13.5. The fourth-order valence-corrected chi connectivity index (χ4v) is 4.82. The van der Waals surface area contributed by atoms with Crippen molar-refractivity contribution in [2.45, 2.75) is 32.6 Å². The Hall–Kier alpha value is -3.97. The molecule has 1 aromatic heterocycles. The predicted molar refractivity (Wildman–Crippen MR) is 137 cm³/mol. The van der Waals surface area contributed by atoms with Gasteiger partial charge < -0.3 is 14.6 Å². The van der Waals surface area contributed by atoms with Crippen LogP contribution in [0.3, 0.4) is 0 Å². The zero-order chi connectivity index (χ0) is 26.5. The summed E-state index contributed by atoms with van der Waals surface area (Å²) in [5.41, 5.74) is 1.27. The molecule has 8 heteroatoms. The molecule has 1 heterocycles. The number of aromatic hydroxyl groups is 1. The van der Waals surface area contributed by atoms with Crippen LogP contribution in [0.2, 0.25) is 5.02 Å². The standard InChI is InChI=1S/C29H22ClFO6/c1-2-22(32)26-20-11-16(5-8-25(20)37-27(26)15-3-6-17(31)7-4-15)18-12-19(23(33)13-21(18)30)24(34)14-29(9-10-29)28(35)36/h3-8,11-13,33H,2,9-10,14H2,1H3,(H,35,36). The number of benzene rings is 3. The summed E-state index contributed by atoms with van der Waals surface area (Å²) in [4.78, 5) is 37.5. The van der Waals surface area contributed by atoms with E-state index in [9.17, 15) is 29.0 Å². The van der Waals surface area contributed by atoms with Gasteiger partial charge in [-0.25, -0.2) is 4.39 Å². The number of aliphatic carboxylic acids is 1. The molecule has 3 aromatic carbocycles. The molecule has 5 rings (SSSR count). The van der Waals surface area contributed by atoms with Crippen molar-refractivity contribution in [3.05, 3.63) is 76.6 Å². The van der Waals surface area contributed by atoms with Crippen molar-refractivity contribution in [1.82, 2.24) is 0 Å². The average Bonchev–Trinajstić information content (AvgIpc) is 3.56. The van der Waals surface area contributed by atoms with E-state index in [1.807, 2.05) is 0 Å². The van der Waals surface area contributed by atoms with Crippen LogP contribution in [0, 0.1) is 11.2 Å². The van der Waals surface area contributed by atoms with Gasteiger partial charge in [0, 0.05) is 29.4 Å². The van der Waals surface area contributed by atoms with Crippen LogP contribution in [0.4, 0.5) is 4.39 Å². The van der Waals surface area contributed by atoms with Crippen LogP contribution in [0.25, 0.3) is 33.4 Å². The second kappa shape index (κ2) is 9.16. The number of furan rings is 1. The molecule has 0 amide bonds. The van der Waals surface area contributed by atoms with Gasteiger partial charge in [-0.15, -0.1) is 0 Å². The number of phenols is 1. The van der Waals surface area contributed by atoms with Gasteiger partial charge in [0.15, 0.2) is 11.6 Å². The fourth-order valence-electron chi connectivity index (χ4n) is 4.55. The van der Waals surface area contributed by atoms with Gasteiger partial charge in [-0.1, -0.05) is 24.6 Å². The molecular formula is C29H22ClFO6. The number of phenolic OH excluding ortho intramolecular Hbond substituents is 1. The van der Waals surface area contributed by atoms with Crippen LogP contribution in [0.5, 0.6) is 5.75 Å². The SMILES string of the molecule is CCC(=O)c1c(-c2ccc(F)cc2)oc2ccc(-c3cc(C(=O)CC4(C(=O)O)CC4)c(O)cc3Cl)cc12. The third-order valence-electron chi connectivity index (χ3n) is 6.90. The van der Waals surface area contributed by atoms with E-state index in [4.69, 9.17) is 16.0 Å². The quantitative estimate of drug-likeness (QED) is 0.236. The number of halogens is 2. The van der Waals surface area contributed by atoms with Crippen LogP contribution in [-0.4, -0.2) is 27.7 Å². The van der Waals surface area contributed by atoms with Gasteiger partial charge in [0.2, 0.25) is 0 Å². The van der Waals surface area contributed by atoms with E-state index >= 15 is 0 Å². The third kappa shape index (κ3) is 4.40. The molecule has 1 aliphatic carbocycles. The lowest BCUT2D eigenvalue weighted by Gasteiger charge is -2.13. The van der Waals surface area contributed by atoms with E-state index in [0.717, 1.165) is 0 Å². The molecule has 0 spiro atoms. The van der Waals surface area contributed by atoms with Crippen molar-refractivity contribution in [2.24, 2.45) is 5.41 Å². The normalized spacial score (nSPS) is 14.0. The zero-order valence-corrected chi connectivity index (χ0v) is 20.6. The minimum absolute atomic E-state index is 0.0175. The molecule has 188 valence electrons. The van der Waals surface area contributed by atoms with Crippen molar-refractivity contribution < 1.29 is 33.4 Å². The lowest BCUT2D eigenvalue weighted by atomic mass is 9.92. The highest BCUT2D eigenvalue weighted by Crippen LogP contribution is 2.50. The molecule has 1 saturated carbocycles. The lowest BCUT2D eigenvalue weighted by Crippen LogP contribution is -2.19. The number of carboxylic acids is 1. The minimum Gasteiger partial charge on any atom is -0.507 e. The van der Waals surface area contributed by atoms with E-state index in [2.05, 4.69) is 0 Å². The van der Waals surface area contributed by atoms with Crippen LogP contribution >= 0.6 is 11.6 Å². The number of ketones is 2. The molecule has 0 bridgehead atoms. The molecular weight excluding hydrogens is 499 g/mol. The van der Waals surface area contributed by atoms with E-state index in [0.29, 0.717) is 51.8 Å². The molecule has 1 fully saturated rings. The first-order valence-electron chi connectivity index (χ1n) is 11.8. The number of carbonyl (C=O) groups excluding carboxylic acids is 2. The van der Waals surface area contributed by atoms with Crippen molar-refractivity contribution >= 4 is 40.1 Å². The lowest BCUT2D eigenvalue weighted by molar-refractivity contribution is -0.143. The molecule has 2 N–H and O–H groups in total. The van der Waals surface area contributed by atoms with Crippen LogP contribution in [-0.2, 0) is 4.79 Å². The van der Waals surface area contributed by atoms with Crippen LogP contribution in [0.15, 0.2) is 59.0 Å². The van der Waals surface area contributed by atoms with Crippen molar-refractivity contribution in [3.63, 3.8) is 0 Å². The van der Waals surface area contributed by atoms with Crippen molar-refractivity contribution in [2.75, 3.05) is 0 Å². The van der Waals surface area contributed by atoms with Gasteiger partial charge in [0.05, 0.1) is 21.6 Å². The Morgan fingerprint density at radius 3 is 2.30 bits per heavy atom. The minimum atomic E-state index is -1.08. The Bertz CT molecular complexity index is 1580. The number of hydrogen-bond donors (Lipinski definition) is 2. The second-order valence-corrected chi connectivity index (χ2v) is 9.74. The molecule has 4 aromatic rings. The summed E-state index contributed by atoms with van der Waals surface area (Å²) < 4.78 is 19.5. The molecule has 0 unspecified atom stereocenters. The first kappa shape index (κ1) is 24.7. The fraction of sp³-hybridized carbons (Fsp3) is 0.207. The van der Waals surface area contributed by atoms with E-state index in [1.165, 1.54) is 24.3 Å². The first-order chi connectivity index (χ1) is 17.6. The predicted octanol–water partition coefficient (Wildman–Crippen LogP) is 7.30. The molecule has 6 nitrogen and oxygen atoms in total. The van der Waals surface area contributed by atoms with Gasteiger partial charge in [-0.2, -0.15) is 0 Å². The highest BCUT2D eigenvalue weighted by Gasteiger charge is 2.51. The summed E-state index contributed by atoms with van der Waals surface area (Å²) in [6.07, 6.45) is 0.832. The molecule has 0 aliphatic heterocycles. The monoisotopic (exact) mass is 520 g/mol. The first-order valence-corrected chi connectivity index (χ1v) is 12.2. The molecule has 0 atom stereocenters. The zero-order valence-electron chi connectivity index (χ0n) is 19.8. The Morgan fingerprint density at radius 1 is 1.00 bits per heavy atom. The topological polar surface area (TPSA) is 105 Å². The average molecular weight is 521 g/mol. The van der Waals surface area contributed by atoms with Crippen molar-refractivity contribution in [1.29, 1.82) is 0 Å². The number of hydrogen-bond acceptors (Lipinski definition) is 5. The van der Waals surface area contributed by atoms with Crippen LogP contribution < -0.4 is 0 Å². The number of Topliss-reactive ketones (excluding diaryl/α,β-unsaturated/α-hetero) is 2. The van der Waals surface area contributed by atoms with Crippen molar-refractivity contribution in [3.8, 4) is 28.2 Å². The van der Waals surface area contributed by atoms with Gasteiger partial charge in [0.1, 0.15) is 22.9 Å². The summed E-state index contributed by atoms with van der Waals surface area (Å²) in [7, 11) is 0. The molecule has 0 saturated heterocycles. The van der Waals surface area contributed by atoms with E-state index in [1.54, 1.807) is 37.3 Å². The van der Waals surface area contributed by atoms with Gasteiger partial charge in [-0.05, 0) is 66.9 Å². The molecule has 0 radical (unpaired) electrons. The Kier molecular flexibility index (Phi) is 6.12. The Balaban J connectivity index is 1.61. The summed E-state index contributed by atoms with van der Waals surface area (Å²) in [6, 6.07) is 13.5. The largest absolute Gasteiger partial charge is 0.507 e. The van der Waals surface area contributed by atoms with Gasteiger partial charge in [0.25, 0.3) is 0 Å². The molecule has 1 aliphatic rings. The van der Waals surface area contributed by atoms with Gasteiger partial charge in [-0.3, -0.25) is 14.4 Å². The number of carbonyl (C=O) groups is 3. The van der Waals surface area contributed by atoms with E-state index < -0.39 is 23.0 Å². The number of carboxylic acid groups (broad SMARTS) is 1. The van der Waals surface area contributed by atoms with Gasteiger partial charge >= 0.3 is 5.97 Å². The summed E-state index contributed by atoms with van der Waals surface area (Å²) in [6.45, 7) is 1.73. The maximum absolute atomic E-state index is 13.5. The maximum Gasteiger partial charge on any atom is 0.310 e. The highest BCUT2D eigenvalue weighted by molar-refractivity contribution is 6.34. The molecule has 37 heavy (non-hydrogen) atoms. The summed E-state index contributed by atoms with van der Waals surface area (Å²) in [5.74, 6) is -2.08. The van der Waals surface area contributed by atoms with E-state index in [-0.39, 0.29) is 35.0 Å². The summed E-state index contributed by atoms with van der Waals surface area (Å²) in [5, 5.41) is 20.6. The Labute approximate surface area is 216 Å². The second-order valence-electron chi connectivity index (χ2n) is 9.34. The number of fused-ring (bicyclic) bond motifs is 1. The van der Waals surface area contributed by atoms with Crippen LogP contribution in [0.1, 0.15) is 53.3 Å². The number of rotatable bonds is 8.